The predicted molar refractivity (Wildman–Crippen MR) is 42.7 cm³/mol. The van der Waals surface area contributed by atoms with E-state index in [-0.39, 0.29) is 17.9 Å². The summed E-state index contributed by atoms with van der Waals surface area (Å²) in [6.07, 6.45) is 0. The van der Waals surface area contributed by atoms with E-state index in [4.69, 9.17) is 5.26 Å². The average Bonchev–Trinajstić information content (AvgIpc) is 2.00. The molecule has 0 saturated heterocycles. The van der Waals surface area contributed by atoms with Crippen LogP contribution in [0.3, 0.4) is 0 Å². The molecule has 0 aromatic heterocycles. The number of amides is 1. The average molecular weight is 154 g/mol. The van der Waals surface area contributed by atoms with Crippen LogP contribution < -0.4 is 0 Å². The largest absolute Gasteiger partial charge is 0.330 e. The fourth-order valence-electron chi connectivity index (χ4n) is 0.685. The van der Waals surface area contributed by atoms with Gasteiger partial charge >= 0.3 is 0 Å². The molecular weight excluding hydrogens is 140 g/mol. The van der Waals surface area contributed by atoms with E-state index >= 15 is 0 Å². The van der Waals surface area contributed by atoms with Gasteiger partial charge in [-0.25, -0.2) is 0 Å². The topological polar surface area (TPSA) is 44.1 Å². The molecule has 62 valence electrons. The molecule has 11 heavy (non-hydrogen) atoms. The first-order chi connectivity index (χ1) is 5.00. The number of rotatable bonds is 2. The Morgan fingerprint density at radius 1 is 1.45 bits per heavy atom. The molecule has 3 nitrogen and oxygen atoms in total. The van der Waals surface area contributed by atoms with E-state index in [2.05, 4.69) is 0 Å². The van der Waals surface area contributed by atoms with Crippen LogP contribution in [0.15, 0.2) is 0 Å². The molecule has 0 radical (unpaired) electrons. The Balaban J connectivity index is 4.16. The molecule has 0 rings (SSSR count). The predicted octanol–water partition coefficient (Wildman–Crippen LogP) is 1.01. The lowest BCUT2D eigenvalue weighted by Gasteiger charge is -2.21. The highest BCUT2D eigenvalue weighted by Gasteiger charge is 2.17. The van der Waals surface area contributed by atoms with Gasteiger partial charge in [0.2, 0.25) is 5.91 Å². The van der Waals surface area contributed by atoms with Crippen LogP contribution in [-0.4, -0.2) is 23.9 Å². The molecule has 0 aromatic rings. The van der Waals surface area contributed by atoms with Crippen LogP contribution in [0.4, 0.5) is 0 Å². The highest BCUT2D eigenvalue weighted by Crippen LogP contribution is 2.02. The Morgan fingerprint density at radius 3 is 2.18 bits per heavy atom. The molecule has 0 aliphatic rings. The standard InChI is InChI=1S/C8H14N2O/c1-6(2)8(11)10(4)7(3)5-9/h6-7H,1-4H3. The van der Waals surface area contributed by atoms with E-state index in [1.54, 1.807) is 14.0 Å². The van der Waals surface area contributed by atoms with Crippen molar-refractivity contribution in [3.63, 3.8) is 0 Å². The van der Waals surface area contributed by atoms with Crippen LogP contribution in [0.1, 0.15) is 20.8 Å². The van der Waals surface area contributed by atoms with Gasteiger partial charge in [-0.2, -0.15) is 5.26 Å². The van der Waals surface area contributed by atoms with Gasteiger partial charge < -0.3 is 4.90 Å². The first-order valence-corrected chi connectivity index (χ1v) is 3.67. The van der Waals surface area contributed by atoms with Crippen molar-refractivity contribution < 1.29 is 4.79 Å². The third kappa shape index (κ3) is 2.58. The molecule has 0 spiro atoms. The quantitative estimate of drug-likeness (QED) is 0.596. The highest BCUT2D eigenvalue weighted by atomic mass is 16.2. The Bertz CT molecular complexity index is 181. The summed E-state index contributed by atoms with van der Waals surface area (Å²) in [5.41, 5.74) is 0. The van der Waals surface area contributed by atoms with Crippen molar-refractivity contribution >= 4 is 5.91 Å². The van der Waals surface area contributed by atoms with E-state index in [0.29, 0.717) is 0 Å². The number of nitriles is 1. The van der Waals surface area contributed by atoms with E-state index in [1.165, 1.54) is 4.90 Å². The first kappa shape index (κ1) is 9.96. The van der Waals surface area contributed by atoms with Gasteiger partial charge in [-0.05, 0) is 6.92 Å². The fraction of sp³-hybridized carbons (Fsp3) is 0.750. The summed E-state index contributed by atoms with van der Waals surface area (Å²) in [7, 11) is 1.65. The van der Waals surface area contributed by atoms with Gasteiger partial charge in [0.15, 0.2) is 0 Å². The van der Waals surface area contributed by atoms with Gasteiger partial charge in [-0.3, -0.25) is 4.79 Å². The summed E-state index contributed by atoms with van der Waals surface area (Å²) >= 11 is 0. The zero-order chi connectivity index (χ0) is 9.02. The number of hydrogen-bond donors (Lipinski definition) is 0. The molecule has 0 N–H and O–H groups in total. The zero-order valence-corrected chi connectivity index (χ0v) is 7.46. The van der Waals surface area contributed by atoms with E-state index < -0.39 is 0 Å². The second kappa shape index (κ2) is 3.97. The zero-order valence-electron chi connectivity index (χ0n) is 7.46. The number of carbonyl (C=O) groups excluding carboxylic acids is 1. The maximum Gasteiger partial charge on any atom is 0.225 e. The molecule has 0 aromatic carbocycles. The first-order valence-electron chi connectivity index (χ1n) is 3.67. The Kier molecular flexibility index (Phi) is 3.59. The molecule has 0 heterocycles. The summed E-state index contributed by atoms with van der Waals surface area (Å²) < 4.78 is 0. The molecule has 3 heteroatoms. The van der Waals surface area contributed by atoms with E-state index in [0.717, 1.165) is 0 Å². The second-order valence-electron chi connectivity index (χ2n) is 2.91. The molecular formula is C8H14N2O. The van der Waals surface area contributed by atoms with Gasteiger partial charge in [-0.15, -0.1) is 0 Å². The maximum absolute atomic E-state index is 11.2. The molecule has 1 atom stereocenters. The maximum atomic E-state index is 11.2. The lowest BCUT2D eigenvalue weighted by molar-refractivity contribution is -0.133. The summed E-state index contributed by atoms with van der Waals surface area (Å²) in [5, 5.41) is 8.49. The van der Waals surface area contributed by atoms with Gasteiger partial charge in [0, 0.05) is 13.0 Å². The fourth-order valence-corrected chi connectivity index (χ4v) is 0.685. The molecule has 1 amide bonds. The van der Waals surface area contributed by atoms with Gasteiger partial charge in [0.25, 0.3) is 0 Å². The van der Waals surface area contributed by atoms with E-state index in [9.17, 15) is 4.79 Å². The molecule has 0 bridgehead atoms. The van der Waals surface area contributed by atoms with Crippen LogP contribution in [-0.2, 0) is 4.79 Å². The van der Waals surface area contributed by atoms with Crippen LogP contribution in [0.25, 0.3) is 0 Å². The van der Waals surface area contributed by atoms with Crippen LogP contribution in [0.5, 0.6) is 0 Å². The summed E-state index contributed by atoms with van der Waals surface area (Å²) in [6, 6.07) is 1.68. The smallest absolute Gasteiger partial charge is 0.225 e. The van der Waals surface area contributed by atoms with Crippen molar-refractivity contribution in [2.24, 2.45) is 5.92 Å². The minimum absolute atomic E-state index is 0.0130. The monoisotopic (exact) mass is 154 g/mol. The Labute approximate surface area is 67.6 Å². The van der Waals surface area contributed by atoms with Crippen LogP contribution in [0.2, 0.25) is 0 Å². The van der Waals surface area contributed by atoms with E-state index in [1.807, 2.05) is 19.9 Å². The molecule has 0 saturated carbocycles. The van der Waals surface area contributed by atoms with Crippen molar-refractivity contribution in [1.82, 2.24) is 4.90 Å². The normalized spacial score (nSPS) is 12.4. The van der Waals surface area contributed by atoms with Crippen LogP contribution in [0, 0.1) is 17.2 Å². The van der Waals surface area contributed by atoms with Crippen molar-refractivity contribution in [3.05, 3.63) is 0 Å². The van der Waals surface area contributed by atoms with Crippen molar-refractivity contribution in [2.75, 3.05) is 7.05 Å². The van der Waals surface area contributed by atoms with Crippen molar-refractivity contribution in [3.8, 4) is 6.07 Å². The third-order valence-electron chi connectivity index (χ3n) is 1.61. The SMILES string of the molecule is CC(C)C(=O)N(C)C(C)C#N. The molecule has 1 unspecified atom stereocenters. The van der Waals surface area contributed by atoms with Gasteiger partial charge in [0.1, 0.15) is 6.04 Å². The molecule has 0 aliphatic carbocycles. The lowest BCUT2D eigenvalue weighted by atomic mass is 10.2. The molecule has 0 fully saturated rings. The Hall–Kier alpha value is -1.04. The van der Waals surface area contributed by atoms with Gasteiger partial charge in [-0.1, -0.05) is 13.8 Å². The summed E-state index contributed by atoms with van der Waals surface area (Å²) in [4.78, 5) is 12.7. The molecule has 0 aliphatic heterocycles. The number of carbonyl (C=O) groups is 1. The van der Waals surface area contributed by atoms with Gasteiger partial charge in [0.05, 0.1) is 6.07 Å². The lowest BCUT2D eigenvalue weighted by Crippen LogP contribution is -2.36. The summed E-state index contributed by atoms with van der Waals surface area (Å²) in [5.74, 6) is -0.0187. The highest BCUT2D eigenvalue weighted by molar-refractivity contribution is 5.78. The number of nitrogens with zero attached hydrogens (tertiary/aromatic N) is 2. The number of hydrogen-bond acceptors (Lipinski definition) is 2. The van der Waals surface area contributed by atoms with Crippen molar-refractivity contribution in [2.45, 2.75) is 26.8 Å². The van der Waals surface area contributed by atoms with Crippen molar-refractivity contribution in [1.29, 1.82) is 5.26 Å². The minimum Gasteiger partial charge on any atom is -0.330 e. The summed E-state index contributed by atoms with van der Waals surface area (Å²) in [6.45, 7) is 5.35. The second-order valence-corrected chi connectivity index (χ2v) is 2.91. The third-order valence-corrected chi connectivity index (χ3v) is 1.61. The minimum atomic E-state index is -0.329. The Morgan fingerprint density at radius 2 is 1.91 bits per heavy atom. The van der Waals surface area contributed by atoms with Crippen LogP contribution >= 0.6 is 0 Å².